The summed E-state index contributed by atoms with van der Waals surface area (Å²) in [6, 6.07) is 0. The van der Waals surface area contributed by atoms with Crippen LogP contribution in [-0.4, -0.2) is 0 Å². The molecule has 0 radical (unpaired) electrons. The van der Waals surface area contributed by atoms with Crippen LogP contribution in [-0.2, 0) is 21.1 Å². The Hall–Kier alpha value is 0.228. The van der Waals surface area contributed by atoms with E-state index in [1.807, 2.05) is 24.3 Å². The molecule has 0 N–H and O–H groups in total. The van der Waals surface area contributed by atoms with Crippen molar-refractivity contribution in [1.29, 1.82) is 0 Å². The van der Waals surface area contributed by atoms with E-state index in [2.05, 4.69) is 24.3 Å². The maximum atomic E-state index is 2.99. The van der Waals surface area contributed by atoms with E-state index < -0.39 is 0 Å². The van der Waals surface area contributed by atoms with Gasteiger partial charge in [-0.05, 0) is 0 Å². The minimum absolute atomic E-state index is 0. The minimum atomic E-state index is 0. The maximum absolute atomic E-state index is 2.99. The zero-order valence-corrected chi connectivity index (χ0v) is 10.7. The van der Waals surface area contributed by atoms with Crippen molar-refractivity contribution in [3.05, 3.63) is 48.6 Å². The average molecular weight is 396 g/mol. The quantitative estimate of drug-likeness (QED) is 0.375. The number of hydrogen-bond acceptors (Lipinski definition) is 0. The Morgan fingerprint density at radius 2 is 1.15 bits per heavy atom. The van der Waals surface area contributed by atoms with Gasteiger partial charge >= 0.3 is 21.1 Å². The molecule has 0 fully saturated rings. The van der Waals surface area contributed by atoms with Crippen LogP contribution in [0.15, 0.2) is 36.5 Å². The summed E-state index contributed by atoms with van der Waals surface area (Å²) in [6.45, 7) is 0. The van der Waals surface area contributed by atoms with Crippen LogP contribution in [0.25, 0.3) is 0 Å². The van der Waals surface area contributed by atoms with E-state index in [4.69, 9.17) is 0 Å². The molecule has 0 unspecified atom stereocenters. The second kappa shape index (κ2) is 14.7. The van der Waals surface area contributed by atoms with E-state index in [0.717, 1.165) is 12.8 Å². The molecule has 0 nitrogen and oxygen atoms in total. The second-order valence-corrected chi connectivity index (χ2v) is 2.01. The molecule has 0 saturated carbocycles. The van der Waals surface area contributed by atoms with Gasteiger partial charge in [-0.25, -0.2) is 24.3 Å². The molecule has 0 saturated heterocycles. The van der Waals surface area contributed by atoms with Gasteiger partial charge in [-0.2, -0.15) is 12.2 Å². The summed E-state index contributed by atoms with van der Waals surface area (Å²) < 4.78 is 0. The second-order valence-electron chi connectivity index (χ2n) is 2.01. The molecule has 0 spiro atoms. The third kappa shape index (κ3) is 12.2. The summed E-state index contributed by atoms with van der Waals surface area (Å²) in [6.07, 6.45) is 20.0. The van der Waals surface area contributed by atoms with Gasteiger partial charge in [0.25, 0.3) is 0 Å². The molecule has 0 atom stereocenters. The molecule has 3 heteroatoms. The van der Waals surface area contributed by atoms with E-state index in [1.165, 1.54) is 0 Å². The standard InChI is InChI=1S/2C5H5.2ClH.Pt/c2*1-2-4-5-3-1;;;/h2*1-3H,4H2;2*1H;/q2*-1;;;+4/p-2. The molecule has 74 valence electrons. The van der Waals surface area contributed by atoms with E-state index in [0.29, 0.717) is 0 Å². The first-order valence-corrected chi connectivity index (χ1v) is 3.43. The van der Waals surface area contributed by atoms with Crippen LogP contribution < -0.4 is 24.8 Å². The Morgan fingerprint density at radius 1 is 0.769 bits per heavy atom. The van der Waals surface area contributed by atoms with Crippen molar-refractivity contribution in [1.82, 2.24) is 0 Å². The molecular weight excluding hydrogens is 386 g/mol. The molecule has 0 aromatic heterocycles. The smallest absolute Gasteiger partial charge is 1.00 e. The number of allylic oxidation sites excluding steroid dienone is 8. The van der Waals surface area contributed by atoms with Crippen LogP contribution in [0.3, 0.4) is 0 Å². The Balaban J connectivity index is -0.000000125. The van der Waals surface area contributed by atoms with Crippen molar-refractivity contribution in [3.63, 3.8) is 0 Å². The summed E-state index contributed by atoms with van der Waals surface area (Å²) in [5, 5.41) is 0. The van der Waals surface area contributed by atoms with Gasteiger partial charge in [-0.3, -0.25) is 12.2 Å². The molecule has 0 bridgehead atoms. The van der Waals surface area contributed by atoms with Crippen molar-refractivity contribution < 1.29 is 45.9 Å². The Bertz CT molecular complexity index is 151. The zero-order valence-electron chi connectivity index (χ0n) is 6.95. The predicted octanol–water partition coefficient (Wildman–Crippen LogP) is -3.38. The number of hydrogen-bond donors (Lipinski definition) is 0. The molecule has 2 aliphatic carbocycles. The predicted molar refractivity (Wildman–Crippen MR) is 43.1 cm³/mol. The van der Waals surface area contributed by atoms with E-state index in [-0.39, 0.29) is 45.9 Å². The van der Waals surface area contributed by atoms with Crippen LogP contribution in [0.4, 0.5) is 0 Å². The van der Waals surface area contributed by atoms with Crippen molar-refractivity contribution in [2.45, 2.75) is 12.8 Å². The van der Waals surface area contributed by atoms with Crippen LogP contribution in [0.2, 0.25) is 0 Å². The average Bonchev–Trinajstić information content (AvgIpc) is 2.67. The molecule has 0 amide bonds. The monoisotopic (exact) mass is 395 g/mol. The molecule has 0 aromatic carbocycles. The third-order valence-corrected chi connectivity index (χ3v) is 1.17. The van der Waals surface area contributed by atoms with E-state index in [9.17, 15) is 0 Å². The summed E-state index contributed by atoms with van der Waals surface area (Å²) >= 11 is 0. The van der Waals surface area contributed by atoms with Crippen molar-refractivity contribution >= 4 is 0 Å². The van der Waals surface area contributed by atoms with E-state index in [1.54, 1.807) is 0 Å². The largest absolute Gasteiger partial charge is 4.00 e. The molecule has 2 rings (SSSR count). The van der Waals surface area contributed by atoms with Crippen LogP contribution in [0.5, 0.6) is 0 Å². The van der Waals surface area contributed by atoms with Crippen molar-refractivity contribution in [3.8, 4) is 0 Å². The normalized spacial score (nSPS) is 13.5. The SMILES string of the molecule is [C-]1=CC=CC1.[C-]1=CC=CC1.[Cl-].[Cl-].[Pt+4]. The number of rotatable bonds is 0. The van der Waals surface area contributed by atoms with Crippen molar-refractivity contribution in [2.75, 3.05) is 0 Å². The zero-order chi connectivity index (χ0) is 7.07. The minimum Gasteiger partial charge on any atom is -1.00 e. The van der Waals surface area contributed by atoms with Gasteiger partial charge in [0, 0.05) is 0 Å². The first kappa shape index (κ1) is 18.9. The van der Waals surface area contributed by atoms with Gasteiger partial charge in [0.2, 0.25) is 0 Å². The molecule has 0 aromatic rings. The fraction of sp³-hybridized carbons (Fsp3) is 0.200. The topological polar surface area (TPSA) is 0 Å². The maximum Gasteiger partial charge on any atom is 4.00 e. The van der Waals surface area contributed by atoms with Gasteiger partial charge in [0.1, 0.15) is 0 Å². The summed E-state index contributed by atoms with van der Waals surface area (Å²) in [5.74, 6) is 0. The van der Waals surface area contributed by atoms with Gasteiger partial charge < -0.3 is 24.8 Å². The molecule has 2 aliphatic rings. The van der Waals surface area contributed by atoms with Crippen LogP contribution in [0, 0.1) is 12.2 Å². The van der Waals surface area contributed by atoms with E-state index >= 15 is 0 Å². The molecule has 13 heavy (non-hydrogen) atoms. The third-order valence-electron chi connectivity index (χ3n) is 1.17. The van der Waals surface area contributed by atoms with Crippen molar-refractivity contribution in [2.24, 2.45) is 0 Å². The summed E-state index contributed by atoms with van der Waals surface area (Å²) in [4.78, 5) is 0. The molecule has 0 heterocycles. The molecule has 0 aliphatic heterocycles. The van der Waals surface area contributed by atoms with Gasteiger partial charge in [-0.15, -0.1) is 12.8 Å². The van der Waals surface area contributed by atoms with Gasteiger partial charge in [0.05, 0.1) is 0 Å². The fourth-order valence-electron chi connectivity index (χ4n) is 0.680. The summed E-state index contributed by atoms with van der Waals surface area (Å²) in [5.41, 5.74) is 0. The van der Waals surface area contributed by atoms with Crippen LogP contribution >= 0.6 is 0 Å². The van der Waals surface area contributed by atoms with Gasteiger partial charge in [0.15, 0.2) is 0 Å². The first-order chi connectivity index (χ1) is 5.00. The Labute approximate surface area is 107 Å². The Kier molecular flexibility index (Phi) is 21.4. The summed E-state index contributed by atoms with van der Waals surface area (Å²) in [7, 11) is 0. The van der Waals surface area contributed by atoms with Crippen LogP contribution in [0.1, 0.15) is 12.8 Å². The molecular formula is C10H10Cl2Pt. The number of halogens is 2. The van der Waals surface area contributed by atoms with Gasteiger partial charge in [-0.1, -0.05) is 0 Å². The first-order valence-electron chi connectivity index (χ1n) is 3.43. The fourth-order valence-corrected chi connectivity index (χ4v) is 0.680. The Morgan fingerprint density at radius 3 is 1.23 bits per heavy atom.